The van der Waals surface area contributed by atoms with Gasteiger partial charge in [0.05, 0.1) is 18.4 Å². The lowest BCUT2D eigenvalue weighted by atomic mass is 10.1. The molecular weight excluding hydrogens is 248 g/mol. The normalized spacial score (nSPS) is 11.2. The molecule has 1 aromatic carbocycles. The first-order valence-electron chi connectivity index (χ1n) is 6.26. The van der Waals surface area contributed by atoms with Crippen LogP contribution in [0.15, 0.2) is 24.4 Å². The molecule has 2 rings (SSSR count). The van der Waals surface area contributed by atoms with E-state index in [2.05, 4.69) is 29.1 Å². The van der Waals surface area contributed by atoms with Crippen LogP contribution in [0.25, 0.3) is 11.3 Å². The van der Waals surface area contributed by atoms with E-state index in [9.17, 15) is 8.78 Å². The van der Waals surface area contributed by atoms with Crippen molar-refractivity contribution in [1.29, 1.82) is 0 Å². The molecule has 0 atom stereocenters. The third kappa shape index (κ3) is 3.61. The second kappa shape index (κ2) is 5.93. The van der Waals surface area contributed by atoms with Crippen LogP contribution in [0.4, 0.5) is 8.78 Å². The summed E-state index contributed by atoms with van der Waals surface area (Å²) in [5.41, 5.74) is 0.681. The predicted octanol–water partition coefficient (Wildman–Crippen LogP) is 3.10. The van der Waals surface area contributed by atoms with Gasteiger partial charge in [-0.05, 0) is 30.7 Å². The van der Waals surface area contributed by atoms with Crippen LogP contribution < -0.4 is 5.32 Å². The van der Waals surface area contributed by atoms with Gasteiger partial charge in [-0.25, -0.2) is 13.8 Å². The molecule has 0 bridgehead atoms. The van der Waals surface area contributed by atoms with Crippen molar-refractivity contribution >= 4 is 0 Å². The molecule has 0 spiro atoms. The molecule has 0 saturated heterocycles. The van der Waals surface area contributed by atoms with Gasteiger partial charge in [-0.2, -0.15) is 0 Å². The van der Waals surface area contributed by atoms with Gasteiger partial charge in [-0.1, -0.05) is 13.8 Å². The maximum Gasteiger partial charge on any atom is 0.132 e. The van der Waals surface area contributed by atoms with Crippen LogP contribution >= 0.6 is 0 Å². The molecular formula is C14H17F2N3. The molecule has 1 aromatic heterocycles. The van der Waals surface area contributed by atoms with Crippen LogP contribution in [0.1, 0.15) is 19.7 Å². The van der Waals surface area contributed by atoms with Crippen molar-refractivity contribution in [2.45, 2.75) is 20.4 Å². The Morgan fingerprint density at radius 2 is 2.11 bits per heavy atom. The van der Waals surface area contributed by atoms with E-state index in [0.29, 0.717) is 24.0 Å². The zero-order valence-electron chi connectivity index (χ0n) is 11.0. The van der Waals surface area contributed by atoms with E-state index in [-0.39, 0.29) is 5.56 Å². The molecule has 0 radical (unpaired) electrons. The first-order valence-corrected chi connectivity index (χ1v) is 6.26. The number of benzene rings is 1. The van der Waals surface area contributed by atoms with Crippen molar-refractivity contribution < 1.29 is 8.78 Å². The van der Waals surface area contributed by atoms with Gasteiger partial charge in [0.25, 0.3) is 0 Å². The van der Waals surface area contributed by atoms with Gasteiger partial charge in [-0.15, -0.1) is 0 Å². The van der Waals surface area contributed by atoms with E-state index < -0.39 is 11.6 Å². The first kappa shape index (κ1) is 13.7. The molecule has 2 N–H and O–H groups in total. The average Bonchev–Trinajstić information content (AvgIpc) is 2.80. The fourth-order valence-electron chi connectivity index (χ4n) is 1.77. The summed E-state index contributed by atoms with van der Waals surface area (Å²) in [4.78, 5) is 7.14. The van der Waals surface area contributed by atoms with Crippen LogP contribution in [0, 0.1) is 17.6 Å². The molecule has 0 fully saturated rings. The fraction of sp³-hybridized carbons (Fsp3) is 0.357. The van der Waals surface area contributed by atoms with Crippen molar-refractivity contribution in [2.24, 2.45) is 5.92 Å². The summed E-state index contributed by atoms with van der Waals surface area (Å²) in [6.45, 7) is 5.69. The number of hydrogen-bond acceptors (Lipinski definition) is 2. The molecule has 0 aliphatic rings. The summed E-state index contributed by atoms with van der Waals surface area (Å²) in [7, 11) is 0. The van der Waals surface area contributed by atoms with Gasteiger partial charge in [-0.3, -0.25) is 0 Å². The summed E-state index contributed by atoms with van der Waals surface area (Å²) in [5, 5.41) is 3.23. The number of aromatic amines is 1. The zero-order chi connectivity index (χ0) is 13.8. The minimum absolute atomic E-state index is 0.197. The van der Waals surface area contributed by atoms with E-state index in [1.165, 1.54) is 6.20 Å². The Hall–Kier alpha value is -1.75. The van der Waals surface area contributed by atoms with E-state index in [4.69, 9.17) is 0 Å². The SMILES string of the molecule is CC(C)CNCc1ncc(-c2cc(F)ccc2F)[nH]1. The summed E-state index contributed by atoms with van der Waals surface area (Å²) in [6, 6.07) is 3.37. The number of rotatable bonds is 5. The van der Waals surface area contributed by atoms with Crippen LogP contribution in [0.2, 0.25) is 0 Å². The van der Waals surface area contributed by atoms with E-state index >= 15 is 0 Å². The monoisotopic (exact) mass is 265 g/mol. The number of imidazole rings is 1. The van der Waals surface area contributed by atoms with E-state index in [1.54, 1.807) is 0 Å². The number of nitrogens with zero attached hydrogens (tertiary/aromatic N) is 1. The maximum absolute atomic E-state index is 13.6. The van der Waals surface area contributed by atoms with Gasteiger partial charge < -0.3 is 10.3 Å². The smallest absolute Gasteiger partial charge is 0.132 e. The Labute approximate surface area is 111 Å². The molecule has 0 unspecified atom stereocenters. The second-order valence-corrected chi connectivity index (χ2v) is 4.89. The second-order valence-electron chi connectivity index (χ2n) is 4.89. The van der Waals surface area contributed by atoms with Crippen LogP contribution in [0.5, 0.6) is 0 Å². The van der Waals surface area contributed by atoms with Crippen molar-refractivity contribution in [3.63, 3.8) is 0 Å². The molecule has 2 aromatic rings. The lowest BCUT2D eigenvalue weighted by Crippen LogP contribution is -2.19. The molecule has 0 saturated carbocycles. The third-order valence-corrected chi connectivity index (χ3v) is 2.69. The molecule has 0 amide bonds. The minimum Gasteiger partial charge on any atom is -0.341 e. The molecule has 3 nitrogen and oxygen atoms in total. The zero-order valence-corrected chi connectivity index (χ0v) is 11.0. The van der Waals surface area contributed by atoms with Gasteiger partial charge >= 0.3 is 0 Å². The summed E-state index contributed by atoms with van der Waals surface area (Å²) >= 11 is 0. The highest BCUT2D eigenvalue weighted by Gasteiger charge is 2.09. The Balaban J connectivity index is 2.10. The molecule has 1 heterocycles. The number of H-pyrrole nitrogens is 1. The van der Waals surface area contributed by atoms with Crippen LogP contribution in [-0.2, 0) is 6.54 Å². The fourth-order valence-corrected chi connectivity index (χ4v) is 1.77. The standard InChI is InChI=1S/C14H17F2N3/c1-9(2)6-17-8-14-18-7-13(19-14)11-5-10(15)3-4-12(11)16/h3-5,7,9,17H,6,8H2,1-2H3,(H,18,19). The highest BCUT2D eigenvalue weighted by Crippen LogP contribution is 2.21. The number of nitrogens with one attached hydrogen (secondary N) is 2. The van der Waals surface area contributed by atoms with Crippen LogP contribution in [-0.4, -0.2) is 16.5 Å². The van der Waals surface area contributed by atoms with Crippen molar-refractivity contribution in [3.05, 3.63) is 41.9 Å². The maximum atomic E-state index is 13.6. The quantitative estimate of drug-likeness (QED) is 0.872. The summed E-state index contributed by atoms with van der Waals surface area (Å²) < 4.78 is 26.7. The van der Waals surface area contributed by atoms with E-state index in [0.717, 1.165) is 24.7 Å². The minimum atomic E-state index is -0.467. The van der Waals surface area contributed by atoms with Crippen molar-refractivity contribution in [3.8, 4) is 11.3 Å². The Morgan fingerprint density at radius 1 is 1.32 bits per heavy atom. The van der Waals surface area contributed by atoms with Gasteiger partial charge in [0, 0.05) is 5.56 Å². The molecule has 0 aliphatic heterocycles. The number of hydrogen-bond donors (Lipinski definition) is 2. The predicted molar refractivity (Wildman–Crippen MR) is 70.5 cm³/mol. The van der Waals surface area contributed by atoms with Gasteiger partial charge in [0.1, 0.15) is 17.5 Å². The highest BCUT2D eigenvalue weighted by molar-refractivity contribution is 5.59. The van der Waals surface area contributed by atoms with E-state index in [1.807, 2.05) is 0 Å². The Kier molecular flexibility index (Phi) is 4.27. The summed E-state index contributed by atoms with van der Waals surface area (Å²) in [5.74, 6) is 0.326. The summed E-state index contributed by atoms with van der Waals surface area (Å²) in [6.07, 6.45) is 1.52. The van der Waals surface area contributed by atoms with Crippen molar-refractivity contribution in [2.75, 3.05) is 6.54 Å². The molecule has 19 heavy (non-hydrogen) atoms. The molecule has 102 valence electrons. The van der Waals surface area contributed by atoms with Crippen LogP contribution in [0.3, 0.4) is 0 Å². The highest BCUT2D eigenvalue weighted by atomic mass is 19.1. The molecule has 5 heteroatoms. The van der Waals surface area contributed by atoms with Crippen molar-refractivity contribution in [1.82, 2.24) is 15.3 Å². The number of aromatic nitrogens is 2. The number of halogens is 2. The Morgan fingerprint density at radius 3 is 2.84 bits per heavy atom. The topological polar surface area (TPSA) is 40.7 Å². The third-order valence-electron chi connectivity index (χ3n) is 2.69. The molecule has 0 aliphatic carbocycles. The van der Waals surface area contributed by atoms with Gasteiger partial charge in [0.2, 0.25) is 0 Å². The average molecular weight is 265 g/mol. The Bertz CT molecular complexity index is 549. The largest absolute Gasteiger partial charge is 0.341 e. The van der Waals surface area contributed by atoms with Gasteiger partial charge in [0.15, 0.2) is 0 Å². The lowest BCUT2D eigenvalue weighted by molar-refractivity contribution is 0.544. The lowest BCUT2D eigenvalue weighted by Gasteiger charge is -2.05. The first-order chi connectivity index (χ1) is 9.06.